The maximum absolute atomic E-state index is 11.9. The third-order valence-electron chi connectivity index (χ3n) is 3.64. The number of carbonyl (C=O) groups is 1. The fourth-order valence-electron chi connectivity index (χ4n) is 2.09. The standard InChI is InChI=1S/C18H22N2O5S/c1-20(26(3,22)23)12-14-4-8-17(9-5-14)25-13-18(21)19-15-6-10-16(24-2)11-7-15/h4-11H,12-13H2,1-3H3,(H,19,21). The van der Waals surface area contributed by atoms with E-state index in [0.29, 0.717) is 17.2 Å². The van der Waals surface area contributed by atoms with Crippen LogP contribution in [0.2, 0.25) is 0 Å². The third kappa shape index (κ3) is 6.05. The van der Waals surface area contributed by atoms with Gasteiger partial charge in [0.25, 0.3) is 5.91 Å². The molecule has 7 nitrogen and oxygen atoms in total. The van der Waals surface area contributed by atoms with E-state index in [1.807, 2.05) is 0 Å². The average molecular weight is 378 g/mol. The highest BCUT2D eigenvalue weighted by Crippen LogP contribution is 2.16. The van der Waals surface area contributed by atoms with Crippen LogP contribution >= 0.6 is 0 Å². The number of ether oxygens (including phenoxy) is 2. The number of hydrogen-bond acceptors (Lipinski definition) is 5. The Bertz CT molecular complexity index is 833. The minimum absolute atomic E-state index is 0.130. The van der Waals surface area contributed by atoms with Crippen molar-refractivity contribution in [1.29, 1.82) is 0 Å². The number of benzene rings is 2. The lowest BCUT2D eigenvalue weighted by Crippen LogP contribution is -2.24. The van der Waals surface area contributed by atoms with Crippen molar-refractivity contribution in [2.24, 2.45) is 0 Å². The molecule has 140 valence electrons. The minimum atomic E-state index is -3.23. The minimum Gasteiger partial charge on any atom is -0.497 e. The molecule has 0 heterocycles. The topological polar surface area (TPSA) is 84.9 Å². The zero-order valence-corrected chi connectivity index (χ0v) is 15.7. The van der Waals surface area contributed by atoms with Gasteiger partial charge < -0.3 is 14.8 Å². The van der Waals surface area contributed by atoms with E-state index in [9.17, 15) is 13.2 Å². The third-order valence-corrected chi connectivity index (χ3v) is 4.90. The van der Waals surface area contributed by atoms with E-state index in [1.54, 1.807) is 55.6 Å². The number of rotatable bonds is 8. The van der Waals surface area contributed by atoms with E-state index >= 15 is 0 Å². The van der Waals surface area contributed by atoms with Gasteiger partial charge in [-0.2, -0.15) is 0 Å². The van der Waals surface area contributed by atoms with Gasteiger partial charge in [0.15, 0.2) is 6.61 Å². The molecule has 0 aliphatic rings. The van der Waals surface area contributed by atoms with E-state index < -0.39 is 10.0 Å². The van der Waals surface area contributed by atoms with Crippen LogP contribution < -0.4 is 14.8 Å². The maximum atomic E-state index is 11.9. The van der Waals surface area contributed by atoms with Gasteiger partial charge in [-0.3, -0.25) is 4.79 Å². The Morgan fingerprint density at radius 3 is 2.15 bits per heavy atom. The van der Waals surface area contributed by atoms with E-state index in [-0.39, 0.29) is 19.1 Å². The Labute approximate surface area is 153 Å². The van der Waals surface area contributed by atoms with Gasteiger partial charge in [0.2, 0.25) is 10.0 Å². The molecule has 0 fully saturated rings. The van der Waals surface area contributed by atoms with Gasteiger partial charge >= 0.3 is 0 Å². The summed E-state index contributed by atoms with van der Waals surface area (Å²) in [7, 11) is -0.133. The molecule has 0 saturated heterocycles. The van der Waals surface area contributed by atoms with Gasteiger partial charge in [0, 0.05) is 19.3 Å². The van der Waals surface area contributed by atoms with E-state index in [2.05, 4.69) is 5.32 Å². The van der Waals surface area contributed by atoms with E-state index in [4.69, 9.17) is 9.47 Å². The first kappa shape index (κ1) is 19.7. The molecule has 0 aromatic heterocycles. The van der Waals surface area contributed by atoms with Crippen LogP contribution in [-0.4, -0.2) is 45.7 Å². The molecule has 0 unspecified atom stereocenters. The SMILES string of the molecule is COc1ccc(NC(=O)COc2ccc(CN(C)S(C)(=O)=O)cc2)cc1. The van der Waals surface area contributed by atoms with Crippen LogP contribution in [0.5, 0.6) is 11.5 Å². The first-order chi connectivity index (χ1) is 12.3. The molecule has 0 spiro atoms. The average Bonchev–Trinajstić information content (AvgIpc) is 2.61. The molecule has 26 heavy (non-hydrogen) atoms. The predicted octanol–water partition coefficient (Wildman–Crippen LogP) is 2.10. The molecule has 1 amide bonds. The Morgan fingerprint density at radius 1 is 1.04 bits per heavy atom. The van der Waals surface area contributed by atoms with Crippen molar-refractivity contribution in [3.63, 3.8) is 0 Å². The Hall–Kier alpha value is -2.58. The lowest BCUT2D eigenvalue weighted by atomic mass is 10.2. The predicted molar refractivity (Wildman–Crippen MR) is 99.9 cm³/mol. The summed E-state index contributed by atoms with van der Waals surface area (Å²) < 4.78 is 34.6. The van der Waals surface area contributed by atoms with Gasteiger partial charge in [-0.1, -0.05) is 12.1 Å². The highest BCUT2D eigenvalue weighted by molar-refractivity contribution is 7.88. The monoisotopic (exact) mass is 378 g/mol. The second-order valence-electron chi connectivity index (χ2n) is 5.73. The van der Waals surface area contributed by atoms with Gasteiger partial charge in [0.05, 0.1) is 13.4 Å². The summed E-state index contributed by atoms with van der Waals surface area (Å²) in [6.45, 7) is 0.145. The summed E-state index contributed by atoms with van der Waals surface area (Å²) >= 11 is 0. The highest BCUT2D eigenvalue weighted by Gasteiger charge is 2.11. The Balaban J connectivity index is 1.84. The molecule has 2 aromatic rings. The number of hydrogen-bond donors (Lipinski definition) is 1. The molecule has 0 atom stereocenters. The first-order valence-electron chi connectivity index (χ1n) is 7.85. The Kier molecular flexibility index (Phi) is 6.59. The summed E-state index contributed by atoms with van der Waals surface area (Å²) in [5.74, 6) is 0.956. The number of nitrogens with zero attached hydrogens (tertiary/aromatic N) is 1. The van der Waals surface area contributed by atoms with Crippen molar-refractivity contribution in [2.75, 3.05) is 32.3 Å². The molecule has 2 aromatic carbocycles. The molecular weight excluding hydrogens is 356 g/mol. The lowest BCUT2D eigenvalue weighted by molar-refractivity contribution is -0.118. The fraction of sp³-hybridized carbons (Fsp3) is 0.278. The molecule has 1 N–H and O–H groups in total. The molecule has 0 aliphatic carbocycles. The van der Waals surface area contributed by atoms with Crippen molar-refractivity contribution in [3.05, 3.63) is 54.1 Å². The van der Waals surface area contributed by atoms with Crippen LogP contribution in [0.4, 0.5) is 5.69 Å². The van der Waals surface area contributed by atoms with Crippen LogP contribution in [0.3, 0.4) is 0 Å². The summed E-state index contributed by atoms with van der Waals surface area (Å²) in [5.41, 5.74) is 1.48. The largest absolute Gasteiger partial charge is 0.497 e. The van der Waals surface area contributed by atoms with Gasteiger partial charge in [0.1, 0.15) is 11.5 Å². The van der Waals surface area contributed by atoms with Crippen molar-refractivity contribution in [2.45, 2.75) is 6.54 Å². The van der Waals surface area contributed by atoms with Crippen LogP contribution in [0.1, 0.15) is 5.56 Å². The maximum Gasteiger partial charge on any atom is 0.262 e. The van der Waals surface area contributed by atoms with Gasteiger partial charge in [-0.15, -0.1) is 0 Å². The van der Waals surface area contributed by atoms with Gasteiger partial charge in [-0.05, 0) is 42.0 Å². The van der Waals surface area contributed by atoms with Crippen LogP contribution in [0.25, 0.3) is 0 Å². The highest BCUT2D eigenvalue weighted by atomic mass is 32.2. The second-order valence-corrected chi connectivity index (χ2v) is 7.82. The Morgan fingerprint density at radius 2 is 1.62 bits per heavy atom. The van der Waals surface area contributed by atoms with E-state index in [1.165, 1.54) is 11.4 Å². The van der Waals surface area contributed by atoms with Crippen molar-refractivity contribution in [3.8, 4) is 11.5 Å². The van der Waals surface area contributed by atoms with Crippen molar-refractivity contribution < 1.29 is 22.7 Å². The van der Waals surface area contributed by atoms with Crippen LogP contribution in [0.15, 0.2) is 48.5 Å². The molecule has 0 radical (unpaired) electrons. The number of nitrogens with one attached hydrogen (secondary N) is 1. The fourth-order valence-corrected chi connectivity index (χ4v) is 2.47. The summed E-state index contributed by atoms with van der Waals surface area (Å²) in [6.07, 6.45) is 1.16. The number of methoxy groups -OCH3 is 1. The number of amides is 1. The second kappa shape index (κ2) is 8.68. The van der Waals surface area contributed by atoms with Crippen molar-refractivity contribution in [1.82, 2.24) is 4.31 Å². The number of carbonyl (C=O) groups excluding carboxylic acids is 1. The van der Waals surface area contributed by atoms with Crippen LogP contribution in [0, 0.1) is 0 Å². The molecule has 8 heteroatoms. The molecule has 0 saturated carbocycles. The first-order valence-corrected chi connectivity index (χ1v) is 9.70. The quantitative estimate of drug-likeness (QED) is 0.760. The normalized spacial score (nSPS) is 11.2. The molecule has 2 rings (SSSR count). The zero-order valence-electron chi connectivity index (χ0n) is 14.9. The summed E-state index contributed by atoms with van der Waals surface area (Å²) in [5, 5.41) is 2.72. The number of sulfonamides is 1. The van der Waals surface area contributed by atoms with Gasteiger partial charge in [-0.25, -0.2) is 12.7 Å². The molecule has 0 aliphatic heterocycles. The summed E-state index contributed by atoms with van der Waals surface area (Å²) in [6, 6.07) is 13.9. The van der Waals surface area contributed by atoms with Crippen molar-refractivity contribution >= 4 is 21.6 Å². The zero-order chi connectivity index (χ0) is 19.2. The molecule has 0 bridgehead atoms. The number of anilines is 1. The summed E-state index contributed by atoms with van der Waals surface area (Å²) in [4.78, 5) is 11.9. The molecular formula is C18H22N2O5S. The van der Waals surface area contributed by atoms with Crippen LogP contribution in [-0.2, 0) is 21.4 Å². The lowest BCUT2D eigenvalue weighted by Gasteiger charge is -2.14. The smallest absolute Gasteiger partial charge is 0.262 e. The van der Waals surface area contributed by atoms with E-state index in [0.717, 1.165) is 11.8 Å².